The van der Waals surface area contributed by atoms with Gasteiger partial charge in [-0.25, -0.2) is 0 Å². The molecule has 0 radical (unpaired) electrons. The van der Waals surface area contributed by atoms with Crippen LogP contribution < -0.4 is 10.1 Å². The third-order valence-corrected chi connectivity index (χ3v) is 3.33. The lowest BCUT2D eigenvalue weighted by Crippen LogP contribution is -2.12. The van der Waals surface area contributed by atoms with E-state index in [1.165, 1.54) is 0 Å². The molecule has 1 N–H and O–H groups in total. The number of nitriles is 1. The van der Waals surface area contributed by atoms with Gasteiger partial charge in [-0.2, -0.15) is 5.26 Å². The third-order valence-electron chi connectivity index (χ3n) is 3.04. The van der Waals surface area contributed by atoms with Crippen LogP contribution in [0.25, 0.3) is 0 Å². The van der Waals surface area contributed by atoms with E-state index < -0.39 is 0 Å². The van der Waals surface area contributed by atoms with Crippen molar-refractivity contribution in [3.05, 3.63) is 58.6 Å². The number of amides is 1. The maximum atomic E-state index is 12.2. The van der Waals surface area contributed by atoms with E-state index in [0.29, 0.717) is 40.1 Å². The summed E-state index contributed by atoms with van der Waals surface area (Å²) in [6, 6.07) is 13.6. The van der Waals surface area contributed by atoms with E-state index in [0.717, 1.165) is 0 Å². The highest BCUT2D eigenvalue weighted by atomic mass is 35.5. The molecule has 23 heavy (non-hydrogen) atoms. The predicted octanol–water partition coefficient (Wildman–Crippen LogP) is 4.50. The van der Waals surface area contributed by atoms with Crippen LogP contribution in [0.4, 0.5) is 5.69 Å². The van der Waals surface area contributed by atoms with Gasteiger partial charge in [-0.1, -0.05) is 25.4 Å². The van der Waals surface area contributed by atoms with Crippen molar-refractivity contribution in [1.29, 1.82) is 5.26 Å². The first-order valence-electron chi connectivity index (χ1n) is 7.23. The van der Waals surface area contributed by atoms with E-state index in [-0.39, 0.29) is 5.91 Å². The normalized spacial score (nSPS) is 10.2. The number of anilines is 1. The van der Waals surface area contributed by atoms with Crippen LogP contribution in [0.3, 0.4) is 0 Å². The lowest BCUT2D eigenvalue weighted by Gasteiger charge is -2.12. The summed E-state index contributed by atoms with van der Waals surface area (Å²) in [5.74, 6) is 0.736. The molecule has 0 aromatic heterocycles. The van der Waals surface area contributed by atoms with E-state index >= 15 is 0 Å². The van der Waals surface area contributed by atoms with Gasteiger partial charge in [0.2, 0.25) is 0 Å². The lowest BCUT2D eigenvalue weighted by atomic mass is 10.1. The van der Waals surface area contributed by atoms with Gasteiger partial charge in [-0.05, 0) is 48.4 Å². The number of benzene rings is 2. The quantitative estimate of drug-likeness (QED) is 0.879. The van der Waals surface area contributed by atoms with E-state index in [1.54, 1.807) is 42.5 Å². The fourth-order valence-corrected chi connectivity index (χ4v) is 2.09. The zero-order chi connectivity index (χ0) is 16.8. The predicted molar refractivity (Wildman–Crippen MR) is 90.9 cm³/mol. The van der Waals surface area contributed by atoms with Crippen LogP contribution in [0.1, 0.15) is 29.8 Å². The van der Waals surface area contributed by atoms with Crippen molar-refractivity contribution in [3.63, 3.8) is 0 Å². The number of carbonyl (C=O) groups excluding carboxylic acids is 1. The monoisotopic (exact) mass is 328 g/mol. The summed E-state index contributed by atoms with van der Waals surface area (Å²) < 4.78 is 5.59. The zero-order valence-corrected chi connectivity index (χ0v) is 13.7. The first-order valence-corrected chi connectivity index (χ1v) is 7.61. The highest BCUT2D eigenvalue weighted by molar-refractivity contribution is 6.32. The molecule has 0 atom stereocenters. The van der Waals surface area contributed by atoms with Gasteiger partial charge in [-0.3, -0.25) is 4.79 Å². The SMILES string of the molecule is CC(C)COc1ccc(NC(=O)c2ccc(C#N)cc2)cc1Cl. The zero-order valence-electron chi connectivity index (χ0n) is 13.0. The summed E-state index contributed by atoms with van der Waals surface area (Å²) in [4.78, 5) is 12.2. The van der Waals surface area contributed by atoms with Crippen LogP contribution in [-0.4, -0.2) is 12.5 Å². The number of carbonyl (C=O) groups is 1. The second kappa shape index (κ2) is 7.66. The first kappa shape index (κ1) is 16.9. The Hall–Kier alpha value is -2.51. The average molecular weight is 329 g/mol. The van der Waals surface area contributed by atoms with Gasteiger partial charge >= 0.3 is 0 Å². The van der Waals surface area contributed by atoms with Crippen LogP contribution in [-0.2, 0) is 0 Å². The Morgan fingerprint density at radius 2 is 1.96 bits per heavy atom. The number of ether oxygens (including phenoxy) is 1. The fraction of sp³-hybridized carbons (Fsp3) is 0.222. The summed E-state index contributed by atoms with van der Waals surface area (Å²) >= 11 is 6.17. The molecule has 2 aromatic rings. The van der Waals surface area contributed by atoms with Crippen LogP contribution in [0.15, 0.2) is 42.5 Å². The van der Waals surface area contributed by atoms with E-state index in [2.05, 4.69) is 19.2 Å². The molecule has 5 heteroatoms. The maximum Gasteiger partial charge on any atom is 0.255 e. The molecule has 2 aromatic carbocycles. The minimum absolute atomic E-state index is 0.263. The van der Waals surface area contributed by atoms with E-state index in [4.69, 9.17) is 21.6 Å². The topological polar surface area (TPSA) is 62.1 Å². The number of halogens is 1. The Balaban J connectivity index is 2.06. The molecule has 0 spiro atoms. The minimum atomic E-state index is -0.263. The largest absolute Gasteiger partial charge is 0.492 e. The Bertz CT molecular complexity index is 734. The van der Waals surface area contributed by atoms with Crippen molar-refractivity contribution >= 4 is 23.2 Å². The first-order chi connectivity index (χ1) is 11.0. The summed E-state index contributed by atoms with van der Waals surface area (Å²) in [5.41, 5.74) is 1.57. The Morgan fingerprint density at radius 1 is 1.26 bits per heavy atom. The molecule has 118 valence electrons. The molecule has 4 nitrogen and oxygen atoms in total. The molecule has 1 amide bonds. The Morgan fingerprint density at radius 3 is 2.52 bits per heavy atom. The molecular formula is C18H17ClN2O2. The second-order valence-electron chi connectivity index (χ2n) is 5.49. The number of rotatable bonds is 5. The van der Waals surface area contributed by atoms with Gasteiger partial charge < -0.3 is 10.1 Å². The Labute approximate surface area is 140 Å². The standard InChI is InChI=1S/C18H17ClN2O2/c1-12(2)11-23-17-8-7-15(9-16(17)19)21-18(22)14-5-3-13(10-20)4-6-14/h3-9,12H,11H2,1-2H3,(H,21,22). The average Bonchev–Trinajstić information content (AvgIpc) is 2.54. The van der Waals surface area contributed by atoms with Gasteiger partial charge in [0.1, 0.15) is 5.75 Å². The molecule has 0 heterocycles. The van der Waals surface area contributed by atoms with Crippen molar-refractivity contribution in [3.8, 4) is 11.8 Å². The van der Waals surface area contributed by atoms with Crippen molar-refractivity contribution in [1.82, 2.24) is 0 Å². The van der Waals surface area contributed by atoms with E-state index in [9.17, 15) is 4.79 Å². The highest BCUT2D eigenvalue weighted by Crippen LogP contribution is 2.28. The summed E-state index contributed by atoms with van der Waals surface area (Å²) in [5, 5.41) is 12.0. The molecule has 0 saturated heterocycles. The van der Waals surface area contributed by atoms with Crippen LogP contribution in [0, 0.1) is 17.2 Å². The molecule has 0 fully saturated rings. The van der Waals surface area contributed by atoms with Gasteiger partial charge in [0.25, 0.3) is 5.91 Å². The fourth-order valence-electron chi connectivity index (χ4n) is 1.85. The molecule has 2 rings (SSSR count). The van der Waals surface area contributed by atoms with E-state index in [1.807, 2.05) is 6.07 Å². The number of hydrogen-bond donors (Lipinski definition) is 1. The molecule has 0 aliphatic rings. The molecule has 0 aliphatic carbocycles. The highest BCUT2D eigenvalue weighted by Gasteiger charge is 2.09. The molecule has 0 unspecified atom stereocenters. The van der Waals surface area contributed by atoms with Crippen molar-refractivity contribution in [2.24, 2.45) is 5.92 Å². The number of nitrogens with zero attached hydrogens (tertiary/aromatic N) is 1. The van der Waals surface area contributed by atoms with Gasteiger partial charge in [0.15, 0.2) is 0 Å². The molecular weight excluding hydrogens is 312 g/mol. The Kier molecular flexibility index (Phi) is 5.61. The van der Waals surface area contributed by atoms with Gasteiger partial charge in [-0.15, -0.1) is 0 Å². The molecule has 0 saturated carbocycles. The smallest absolute Gasteiger partial charge is 0.255 e. The van der Waals surface area contributed by atoms with Crippen molar-refractivity contribution < 1.29 is 9.53 Å². The minimum Gasteiger partial charge on any atom is -0.492 e. The van der Waals surface area contributed by atoms with Crippen LogP contribution in [0.5, 0.6) is 5.75 Å². The molecule has 0 aliphatic heterocycles. The summed E-state index contributed by atoms with van der Waals surface area (Å²) in [7, 11) is 0. The van der Waals surface area contributed by atoms with Gasteiger partial charge in [0.05, 0.1) is 23.3 Å². The summed E-state index contributed by atoms with van der Waals surface area (Å²) in [6.45, 7) is 4.69. The van der Waals surface area contributed by atoms with Crippen molar-refractivity contribution in [2.75, 3.05) is 11.9 Å². The lowest BCUT2D eigenvalue weighted by molar-refractivity contribution is 0.102. The third kappa shape index (κ3) is 4.73. The summed E-state index contributed by atoms with van der Waals surface area (Å²) in [6.07, 6.45) is 0. The number of nitrogens with one attached hydrogen (secondary N) is 1. The number of hydrogen-bond acceptors (Lipinski definition) is 3. The maximum absolute atomic E-state index is 12.2. The second-order valence-corrected chi connectivity index (χ2v) is 5.90. The van der Waals surface area contributed by atoms with Crippen molar-refractivity contribution in [2.45, 2.75) is 13.8 Å². The van der Waals surface area contributed by atoms with Crippen LogP contribution >= 0.6 is 11.6 Å². The van der Waals surface area contributed by atoms with Gasteiger partial charge in [0, 0.05) is 11.3 Å². The molecule has 0 bridgehead atoms. The van der Waals surface area contributed by atoms with Crippen LogP contribution in [0.2, 0.25) is 5.02 Å².